The van der Waals surface area contributed by atoms with Crippen LogP contribution in [0.5, 0.6) is 0 Å². The molecule has 18 heavy (non-hydrogen) atoms. The van der Waals surface area contributed by atoms with Crippen LogP contribution in [0, 0.1) is 0 Å². The molecule has 10 heteroatoms. The van der Waals surface area contributed by atoms with Crippen LogP contribution in [0.1, 0.15) is 0 Å². The molecule has 0 atom stereocenters. The van der Waals surface area contributed by atoms with Crippen LogP contribution >= 0.6 is 12.2 Å². The third-order valence-electron chi connectivity index (χ3n) is 2.47. The van der Waals surface area contributed by atoms with E-state index in [1.807, 2.05) is 4.90 Å². The highest BCUT2D eigenvalue weighted by Crippen LogP contribution is 2.09. The van der Waals surface area contributed by atoms with Gasteiger partial charge in [-0.25, -0.2) is 16.8 Å². The molecule has 7 nitrogen and oxygen atoms in total. The van der Waals surface area contributed by atoms with Gasteiger partial charge in [0.05, 0.1) is 4.99 Å². The van der Waals surface area contributed by atoms with Crippen molar-refractivity contribution in [3.63, 3.8) is 0 Å². The molecule has 0 aromatic rings. The summed E-state index contributed by atoms with van der Waals surface area (Å²) in [5.74, 6) is 0. The molecular weight excluding hydrogens is 298 g/mol. The van der Waals surface area contributed by atoms with Crippen LogP contribution in [0.2, 0.25) is 0 Å². The normalized spacial score (nSPS) is 19.8. The Bertz CT molecular complexity index is 506. The SMILES string of the molecule is CS(=O)(=O)CS(=O)(=O)N1CCN(CC(N)=S)CC1. The molecule has 0 aliphatic carbocycles. The number of hydrogen-bond donors (Lipinski definition) is 1. The molecule has 0 spiro atoms. The van der Waals surface area contributed by atoms with Gasteiger partial charge in [-0.2, -0.15) is 4.31 Å². The van der Waals surface area contributed by atoms with E-state index < -0.39 is 24.9 Å². The number of nitrogens with zero attached hydrogens (tertiary/aromatic N) is 2. The average molecular weight is 315 g/mol. The molecular formula is C8H17N3O4S3. The van der Waals surface area contributed by atoms with Gasteiger partial charge in [-0.05, 0) is 0 Å². The summed E-state index contributed by atoms with van der Waals surface area (Å²) in [6, 6.07) is 0. The Labute approximate surface area is 113 Å². The van der Waals surface area contributed by atoms with E-state index >= 15 is 0 Å². The van der Waals surface area contributed by atoms with Crippen molar-refractivity contribution < 1.29 is 16.8 Å². The summed E-state index contributed by atoms with van der Waals surface area (Å²) in [5.41, 5.74) is 5.41. The molecule has 0 unspecified atom stereocenters. The topological polar surface area (TPSA) is 101 Å². The van der Waals surface area contributed by atoms with Crippen LogP contribution in [0.25, 0.3) is 0 Å². The van der Waals surface area contributed by atoms with Crippen molar-refractivity contribution >= 4 is 37.1 Å². The first-order chi connectivity index (χ1) is 8.10. The van der Waals surface area contributed by atoms with E-state index in [-0.39, 0.29) is 13.1 Å². The summed E-state index contributed by atoms with van der Waals surface area (Å²) in [6.07, 6.45) is 0.910. The third-order valence-corrected chi connectivity index (χ3v) is 6.65. The molecule has 1 aliphatic heterocycles. The first kappa shape index (κ1) is 15.8. The maximum absolute atomic E-state index is 11.8. The second-order valence-corrected chi connectivity index (χ2v) is 9.30. The quantitative estimate of drug-likeness (QED) is 0.599. The van der Waals surface area contributed by atoms with Crippen LogP contribution in [0.3, 0.4) is 0 Å². The lowest BCUT2D eigenvalue weighted by atomic mass is 10.3. The van der Waals surface area contributed by atoms with Gasteiger partial charge in [0.25, 0.3) is 0 Å². The fourth-order valence-corrected chi connectivity index (χ4v) is 5.39. The number of piperazine rings is 1. The molecule has 2 N–H and O–H groups in total. The van der Waals surface area contributed by atoms with E-state index in [9.17, 15) is 16.8 Å². The predicted octanol–water partition coefficient (Wildman–Crippen LogP) is -1.78. The van der Waals surface area contributed by atoms with E-state index in [0.717, 1.165) is 6.26 Å². The van der Waals surface area contributed by atoms with Crippen molar-refractivity contribution in [2.45, 2.75) is 0 Å². The molecule has 1 fully saturated rings. The molecule has 0 radical (unpaired) electrons. The number of thiocarbonyl (C=S) groups is 1. The summed E-state index contributed by atoms with van der Waals surface area (Å²) in [4.78, 5) is 2.30. The van der Waals surface area contributed by atoms with Crippen molar-refractivity contribution in [3.05, 3.63) is 0 Å². The van der Waals surface area contributed by atoms with Crippen LogP contribution < -0.4 is 5.73 Å². The molecule has 0 bridgehead atoms. The number of sulfone groups is 1. The Balaban J connectivity index is 2.60. The summed E-state index contributed by atoms with van der Waals surface area (Å²) < 4.78 is 46.9. The Morgan fingerprint density at radius 2 is 1.67 bits per heavy atom. The molecule has 1 saturated heterocycles. The molecule has 0 aromatic heterocycles. The van der Waals surface area contributed by atoms with Crippen molar-refractivity contribution in [1.29, 1.82) is 0 Å². The average Bonchev–Trinajstić information content (AvgIpc) is 2.13. The van der Waals surface area contributed by atoms with E-state index in [2.05, 4.69) is 0 Å². The zero-order chi connectivity index (χ0) is 14.0. The molecule has 1 rings (SSSR count). The highest BCUT2D eigenvalue weighted by Gasteiger charge is 2.29. The van der Waals surface area contributed by atoms with Crippen molar-refractivity contribution in [1.82, 2.24) is 9.21 Å². The van der Waals surface area contributed by atoms with Gasteiger partial charge in [0.2, 0.25) is 10.0 Å². The lowest BCUT2D eigenvalue weighted by Gasteiger charge is -2.33. The number of hydrogen-bond acceptors (Lipinski definition) is 6. The minimum Gasteiger partial charge on any atom is -0.392 e. The van der Waals surface area contributed by atoms with E-state index in [1.54, 1.807) is 0 Å². The van der Waals surface area contributed by atoms with Gasteiger partial charge in [0.15, 0.2) is 14.9 Å². The van der Waals surface area contributed by atoms with Gasteiger partial charge in [-0.15, -0.1) is 0 Å². The smallest absolute Gasteiger partial charge is 0.228 e. The molecule has 0 aromatic carbocycles. The highest BCUT2D eigenvalue weighted by atomic mass is 32.3. The van der Waals surface area contributed by atoms with E-state index in [4.69, 9.17) is 18.0 Å². The maximum Gasteiger partial charge on any atom is 0.228 e. The Hall–Kier alpha value is -0.290. The fraction of sp³-hybridized carbons (Fsp3) is 0.875. The van der Waals surface area contributed by atoms with Crippen molar-refractivity contribution in [3.8, 4) is 0 Å². The first-order valence-electron chi connectivity index (χ1n) is 5.26. The van der Waals surface area contributed by atoms with Crippen LogP contribution in [0.15, 0.2) is 0 Å². The Kier molecular flexibility index (Phi) is 5.06. The van der Waals surface area contributed by atoms with Crippen LogP contribution in [-0.2, 0) is 19.9 Å². The summed E-state index contributed by atoms with van der Waals surface area (Å²) >= 11 is 4.78. The molecule has 106 valence electrons. The highest BCUT2D eigenvalue weighted by molar-refractivity contribution is 8.06. The predicted molar refractivity (Wildman–Crippen MR) is 73.4 cm³/mol. The largest absolute Gasteiger partial charge is 0.392 e. The first-order valence-corrected chi connectivity index (χ1v) is 9.34. The van der Waals surface area contributed by atoms with Gasteiger partial charge in [0.1, 0.15) is 0 Å². The van der Waals surface area contributed by atoms with Crippen molar-refractivity contribution in [2.75, 3.05) is 44.1 Å². The molecule has 1 heterocycles. The molecule has 1 aliphatic rings. The standard InChI is InChI=1S/C8H17N3O4S3/c1-17(12,13)7-18(14,15)11-4-2-10(3-5-11)6-8(9)16/h2-7H2,1H3,(H2,9,16). The van der Waals surface area contributed by atoms with Gasteiger partial charge in [-0.1, -0.05) is 12.2 Å². The van der Waals surface area contributed by atoms with Gasteiger partial charge in [0, 0.05) is 39.0 Å². The zero-order valence-electron chi connectivity index (χ0n) is 10.1. The minimum atomic E-state index is -3.74. The second kappa shape index (κ2) is 5.78. The number of sulfonamides is 1. The van der Waals surface area contributed by atoms with Crippen molar-refractivity contribution in [2.24, 2.45) is 5.73 Å². The van der Waals surface area contributed by atoms with Gasteiger partial charge < -0.3 is 5.73 Å². The monoisotopic (exact) mass is 315 g/mol. The number of rotatable bonds is 5. The van der Waals surface area contributed by atoms with E-state index in [0.29, 0.717) is 24.6 Å². The summed E-state index contributed by atoms with van der Waals surface area (Å²) in [5, 5.41) is -0.838. The zero-order valence-corrected chi connectivity index (χ0v) is 12.5. The maximum atomic E-state index is 11.8. The molecule has 0 amide bonds. The van der Waals surface area contributed by atoms with Gasteiger partial charge in [-0.3, -0.25) is 4.90 Å². The Morgan fingerprint density at radius 3 is 2.06 bits per heavy atom. The Morgan fingerprint density at radius 1 is 1.17 bits per heavy atom. The number of nitrogens with two attached hydrogens (primary N) is 1. The summed E-state index contributed by atoms with van der Waals surface area (Å²) in [7, 11) is -7.29. The second-order valence-electron chi connectivity index (χ2n) is 4.30. The minimum absolute atomic E-state index is 0.264. The molecule has 0 saturated carbocycles. The van der Waals surface area contributed by atoms with E-state index in [1.165, 1.54) is 4.31 Å². The van der Waals surface area contributed by atoms with Gasteiger partial charge >= 0.3 is 0 Å². The van der Waals surface area contributed by atoms with Crippen LogP contribution in [-0.4, -0.2) is 75.1 Å². The fourth-order valence-electron chi connectivity index (χ4n) is 1.73. The lowest BCUT2D eigenvalue weighted by Crippen LogP contribution is -2.51. The van der Waals surface area contributed by atoms with Crippen LogP contribution in [0.4, 0.5) is 0 Å². The lowest BCUT2D eigenvalue weighted by molar-refractivity contribution is 0.210. The summed E-state index contributed by atoms with van der Waals surface area (Å²) in [6.45, 7) is 1.98. The third kappa shape index (κ3) is 5.14.